The monoisotopic (exact) mass is 287 g/mol. The Balaban J connectivity index is 1.47. The molecule has 19 heavy (non-hydrogen) atoms. The SMILES string of the molecule is OC(CNCC1CCCCS1)COC1CCCCC1. The minimum absolute atomic E-state index is 0.351. The summed E-state index contributed by atoms with van der Waals surface area (Å²) in [5.41, 5.74) is 0. The molecule has 0 radical (unpaired) electrons. The fourth-order valence-electron chi connectivity index (χ4n) is 2.92. The van der Waals surface area contributed by atoms with Crippen LogP contribution in [-0.2, 0) is 4.74 Å². The molecule has 2 atom stereocenters. The van der Waals surface area contributed by atoms with Crippen molar-refractivity contribution in [1.29, 1.82) is 0 Å². The summed E-state index contributed by atoms with van der Waals surface area (Å²) in [5, 5.41) is 14.1. The smallest absolute Gasteiger partial charge is 0.0897 e. The van der Waals surface area contributed by atoms with Crippen LogP contribution in [-0.4, -0.2) is 48.0 Å². The molecule has 2 unspecified atom stereocenters. The summed E-state index contributed by atoms with van der Waals surface area (Å²) in [6.45, 7) is 2.20. The minimum Gasteiger partial charge on any atom is -0.389 e. The fraction of sp³-hybridized carbons (Fsp3) is 1.00. The Bertz CT molecular complexity index is 228. The van der Waals surface area contributed by atoms with E-state index in [1.807, 2.05) is 0 Å². The van der Waals surface area contributed by atoms with Gasteiger partial charge in [0.25, 0.3) is 0 Å². The summed E-state index contributed by atoms with van der Waals surface area (Å²) in [7, 11) is 0. The molecule has 1 heterocycles. The van der Waals surface area contributed by atoms with Crippen molar-refractivity contribution in [2.45, 2.75) is 68.8 Å². The van der Waals surface area contributed by atoms with Crippen molar-refractivity contribution in [3.8, 4) is 0 Å². The third-order valence-corrected chi connectivity index (χ3v) is 5.50. The van der Waals surface area contributed by atoms with E-state index in [1.54, 1.807) is 0 Å². The van der Waals surface area contributed by atoms with E-state index in [2.05, 4.69) is 17.1 Å². The van der Waals surface area contributed by atoms with Gasteiger partial charge in [0, 0.05) is 18.3 Å². The average molecular weight is 287 g/mol. The summed E-state index contributed by atoms with van der Waals surface area (Å²) in [6, 6.07) is 0. The lowest BCUT2D eigenvalue weighted by atomic mass is 9.98. The first-order valence-corrected chi connectivity index (χ1v) is 9.01. The molecule has 0 aromatic heterocycles. The molecule has 1 saturated heterocycles. The van der Waals surface area contributed by atoms with Crippen LogP contribution in [0.3, 0.4) is 0 Å². The molecule has 1 saturated carbocycles. The van der Waals surface area contributed by atoms with Crippen LogP contribution in [0, 0.1) is 0 Å². The van der Waals surface area contributed by atoms with Gasteiger partial charge in [-0.1, -0.05) is 25.7 Å². The maximum atomic E-state index is 9.92. The highest BCUT2D eigenvalue weighted by molar-refractivity contribution is 7.99. The molecule has 4 heteroatoms. The van der Waals surface area contributed by atoms with Gasteiger partial charge in [-0.05, 0) is 31.4 Å². The average Bonchev–Trinajstić information content (AvgIpc) is 2.47. The number of thioether (sulfide) groups is 1. The molecule has 0 aromatic carbocycles. The Morgan fingerprint density at radius 3 is 2.63 bits per heavy atom. The van der Waals surface area contributed by atoms with E-state index < -0.39 is 0 Å². The molecule has 2 fully saturated rings. The molecule has 0 aromatic rings. The van der Waals surface area contributed by atoms with Crippen LogP contribution < -0.4 is 5.32 Å². The minimum atomic E-state index is -0.351. The third-order valence-electron chi connectivity index (χ3n) is 4.10. The molecule has 1 aliphatic carbocycles. The van der Waals surface area contributed by atoms with Gasteiger partial charge in [-0.2, -0.15) is 11.8 Å². The zero-order valence-corrected chi connectivity index (χ0v) is 12.8. The first-order valence-electron chi connectivity index (χ1n) is 7.96. The standard InChI is InChI=1S/C15H29NO2S/c17-13(12-18-14-6-2-1-3-7-14)10-16-11-15-8-4-5-9-19-15/h13-17H,1-12H2. The van der Waals surface area contributed by atoms with Gasteiger partial charge >= 0.3 is 0 Å². The molecule has 3 nitrogen and oxygen atoms in total. The maximum absolute atomic E-state index is 9.92. The number of nitrogens with one attached hydrogen (secondary N) is 1. The Morgan fingerprint density at radius 2 is 1.89 bits per heavy atom. The van der Waals surface area contributed by atoms with Crippen molar-refractivity contribution < 1.29 is 9.84 Å². The lowest BCUT2D eigenvalue weighted by molar-refractivity contribution is -0.0228. The highest BCUT2D eigenvalue weighted by Crippen LogP contribution is 2.24. The Morgan fingerprint density at radius 1 is 1.11 bits per heavy atom. The molecular weight excluding hydrogens is 258 g/mol. The first-order chi connectivity index (χ1) is 9.34. The van der Waals surface area contributed by atoms with Crippen LogP contribution in [0.2, 0.25) is 0 Å². The van der Waals surface area contributed by atoms with E-state index in [-0.39, 0.29) is 6.10 Å². The van der Waals surface area contributed by atoms with Gasteiger partial charge in [0.15, 0.2) is 0 Å². The van der Waals surface area contributed by atoms with Crippen molar-refractivity contribution in [2.24, 2.45) is 0 Å². The quantitative estimate of drug-likeness (QED) is 0.755. The fourth-order valence-corrected chi connectivity index (χ4v) is 4.19. The number of hydrogen-bond acceptors (Lipinski definition) is 4. The van der Waals surface area contributed by atoms with Gasteiger partial charge in [0.2, 0.25) is 0 Å². The van der Waals surface area contributed by atoms with E-state index in [1.165, 1.54) is 57.1 Å². The third kappa shape index (κ3) is 6.48. The zero-order valence-electron chi connectivity index (χ0n) is 12.0. The number of rotatable bonds is 7. The summed E-state index contributed by atoms with van der Waals surface area (Å²) in [4.78, 5) is 0. The van der Waals surface area contributed by atoms with E-state index in [0.29, 0.717) is 19.3 Å². The molecule has 0 spiro atoms. The van der Waals surface area contributed by atoms with Crippen molar-refractivity contribution in [1.82, 2.24) is 5.32 Å². The van der Waals surface area contributed by atoms with Gasteiger partial charge < -0.3 is 15.2 Å². The van der Waals surface area contributed by atoms with Gasteiger partial charge in [0.1, 0.15) is 0 Å². The molecule has 2 N–H and O–H groups in total. The van der Waals surface area contributed by atoms with Crippen LogP contribution in [0.1, 0.15) is 51.4 Å². The van der Waals surface area contributed by atoms with Gasteiger partial charge in [-0.3, -0.25) is 0 Å². The van der Waals surface area contributed by atoms with Crippen LogP contribution in [0.5, 0.6) is 0 Å². The Hall–Kier alpha value is 0.230. The topological polar surface area (TPSA) is 41.5 Å². The van der Waals surface area contributed by atoms with E-state index in [4.69, 9.17) is 4.74 Å². The largest absolute Gasteiger partial charge is 0.389 e. The van der Waals surface area contributed by atoms with Gasteiger partial charge in [-0.25, -0.2) is 0 Å². The van der Waals surface area contributed by atoms with Gasteiger partial charge in [-0.15, -0.1) is 0 Å². The van der Waals surface area contributed by atoms with E-state index >= 15 is 0 Å². The number of hydrogen-bond donors (Lipinski definition) is 2. The predicted molar refractivity (Wildman–Crippen MR) is 81.8 cm³/mol. The Labute approximate surface area is 121 Å². The highest BCUT2D eigenvalue weighted by atomic mass is 32.2. The summed E-state index contributed by atoms with van der Waals surface area (Å²) >= 11 is 2.08. The second kappa shape index (κ2) is 9.22. The van der Waals surface area contributed by atoms with Crippen LogP contribution in [0.4, 0.5) is 0 Å². The number of ether oxygens (including phenoxy) is 1. The molecule has 0 amide bonds. The molecule has 2 aliphatic rings. The van der Waals surface area contributed by atoms with Crippen molar-refractivity contribution >= 4 is 11.8 Å². The van der Waals surface area contributed by atoms with Crippen LogP contribution in [0.15, 0.2) is 0 Å². The van der Waals surface area contributed by atoms with Crippen LogP contribution >= 0.6 is 11.8 Å². The Kier molecular flexibility index (Phi) is 7.58. The summed E-state index contributed by atoms with van der Waals surface area (Å²) in [6.07, 6.45) is 10.4. The second-order valence-corrected chi connectivity index (χ2v) is 7.30. The maximum Gasteiger partial charge on any atom is 0.0897 e. The number of aliphatic hydroxyl groups excluding tert-OH is 1. The van der Waals surface area contributed by atoms with E-state index in [0.717, 1.165) is 11.8 Å². The normalized spacial score (nSPS) is 27.3. The van der Waals surface area contributed by atoms with Crippen molar-refractivity contribution in [3.05, 3.63) is 0 Å². The molecule has 112 valence electrons. The molecule has 2 rings (SSSR count). The van der Waals surface area contributed by atoms with E-state index in [9.17, 15) is 5.11 Å². The molecule has 0 bridgehead atoms. The van der Waals surface area contributed by atoms with Crippen molar-refractivity contribution in [2.75, 3.05) is 25.4 Å². The van der Waals surface area contributed by atoms with Gasteiger partial charge in [0.05, 0.1) is 18.8 Å². The lowest BCUT2D eigenvalue weighted by Crippen LogP contribution is -2.36. The zero-order chi connectivity index (χ0) is 13.3. The first kappa shape index (κ1) is 15.6. The summed E-state index contributed by atoms with van der Waals surface area (Å²) < 4.78 is 5.79. The number of aliphatic hydroxyl groups is 1. The predicted octanol–water partition coefficient (Wildman–Crippen LogP) is 2.57. The molecular formula is C15H29NO2S. The summed E-state index contributed by atoms with van der Waals surface area (Å²) in [5.74, 6) is 1.31. The van der Waals surface area contributed by atoms with Crippen molar-refractivity contribution in [3.63, 3.8) is 0 Å². The lowest BCUT2D eigenvalue weighted by Gasteiger charge is -2.24. The second-order valence-electron chi connectivity index (χ2n) is 5.89. The molecule has 1 aliphatic heterocycles. The van der Waals surface area contributed by atoms with Crippen LogP contribution in [0.25, 0.3) is 0 Å². The highest BCUT2D eigenvalue weighted by Gasteiger charge is 2.16.